The number of piperidine rings is 1. The van der Waals surface area contributed by atoms with E-state index in [0.717, 1.165) is 32.1 Å². The van der Waals surface area contributed by atoms with E-state index in [2.05, 4.69) is 6.07 Å². The van der Waals surface area contributed by atoms with Crippen LogP contribution in [-0.2, 0) is 0 Å². The predicted octanol–water partition coefficient (Wildman–Crippen LogP) is 2.46. The molecule has 0 aliphatic carbocycles. The number of carbonyl (C=O) groups is 1. The summed E-state index contributed by atoms with van der Waals surface area (Å²) >= 11 is 0. The fourth-order valence-electron chi connectivity index (χ4n) is 2.05. The molecule has 0 spiro atoms. The van der Waals surface area contributed by atoms with Crippen molar-refractivity contribution in [3.63, 3.8) is 0 Å². The summed E-state index contributed by atoms with van der Waals surface area (Å²) < 4.78 is 0. The lowest BCUT2D eigenvalue weighted by Crippen LogP contribution is -2.37. The van der Waals surface area contributed by atoms with Crippen molar-refractivity contribution in [2.75, 3.05) is 13.1 Å². The smallest absolute Gasteiger partial charge is 0.407 e. The summed E-state index contributed by atoms with van der Waals surface area (Å²) in [5.41, 5.74) is 0. The number of hydrogen-bond acceptors (Lipinski definition) is 2. The molecular weight excluding hydrogens is 192 g/mol. The van der Waals surface area contributed by atoms with E-state index in [4.69, 9.17) is 10.4 Å². The van der Waals surface area contributed by atoms with Crippen LogP contribution < -0.4 is 0 Å². The van der Waals surface area contributed by atoms with Crippen LogP contribution in [0, 0.1) is 17.2 Å². The molecule has 1 aliphatic heterocycles. The molecule has 15 heavy (non-hydrogen) atoms. The van der Waals surface area contributed by atoms with Gasteiger partial charge in [-0.05, 0) is 25.2 Å². The lowest BCUT2D eigenvalue weighted by atomic mass is 9.91. The second-order valence-corrected chi connectivity index (χ2v) is 4.12. The molecule has 1 fully saturated rings. The topological polar surface area (TPSA) is 64.3 Å². The predicted molar refractivity (Wildman–Crippen MR) is 56.4 cm³/mol. The maximum Gasteiger partial charge on any atom is 0.407 e. The molecule has 0 aromatic heterocycles. The lowest BCUT2D eigenvalue weighted by Gasteiger charge is -2.29. The van der Waals surface area contributed by atoms with Crippen molar-refractivity contribution >= 4 is 6.09 Å². The third-order valence-electron chi connectivity index (χ3n) is 3.04. The molecule has 0 radical (unpaired) electrons. The van der Waals surface area contributed by atoms with Crippen LogP contribution in [0.5, 0.6) is 0 Å². The summed E-state index contributed by atoms with van der Waals surface area (Å²) in [4.78, 5) is 12.1. The van der Waals surface area contributed by atoms with Crippen LogP contribution in [0.2, 0.25) is 0 Å². The monoisotopic (exact) mass is 210 g/mol. The van der Waals surface area contributed by atoms with Crippen molar-refractivity contribution < 1.29 is 9.90 Å². The van der Waals surface area contributed by atoms with E-state index in [0.29, 0.717) is 25.4 Å². The van der Waals surface area contributed by atoms with Crippen molar-refractivity contribution in [3.05, 3.63) is 0 Å². The van der Waals surface area contributed by atoms with Crippen molar-refractivity contribution in [1.82, 2.24) is 4.90 Å². The van der Waals surface area contributed by atoms with Crippen LogP contribution in [0.25, 0.3) is 0 Å². The zero-order chi connectivity index (χ0) is 11.1. The Bertz CT molecular complexity index is 239. The van der Waals surface area contributed by atoms with Crippen LogP contribution in [0.15, 0.2) is 0 Å². The molecule has 1 N–H and O–H groups in total. The summed E-state index contributed by atoms with van der Waals surface area (Å²) in [7, 11) is 0. The Morgan fingerprint density at radius 3 is 2.60 bits per heavy atom. The quantitative estimate of drug-likeness (QED) is 0.725. The van der Waals surface area contributed by atoms with Crippen LogP contribution in [0.4, 0.5) is 4.79 Å². The number of carboxylic acid groups (broad SMARTS) is 1. The zero-order valence-electron chi connectivity index (χ0n) is 8.98. The Labute approximate surface area is 90.5 Å². The van der Waals surface area contributed by atoms with Gasteiger partial charge in [0.1, 0.15) is 0 Å². The van der Waals surface area contributed by atoms with Gasteiger partial charge < -0.3 is 10.0 Å². The fourth-order valence-corrected chi connectivity index (χ4v) is 2.05. The highest BCUT2D eigenvalue weighted by molar-refractivity contribution is 5.64. The third kappa shape index (κ3) is 4.20. The van der Waals surface area contributed by atoms with E-state index in [9.17, 15) is 4.79 Å². The average Bonchev–Trinajstić information content (AvgIpc) is 2.25. The minimum Gasteiger partial charge on any atom is -0.465 e. The Morgan fingerprint density at radius 1 is 1.40 bits per heavy atom. The number of nitrogens with zero attached hydrogens (tertiary/aromatic N) is 2. The maximum absolute atomic E-state index is 10.7. The molecule has 4 heteroatoms. The Morgan fingerprint density at radius 2 is 2.07 bits per heavy atom. The SMILES string of the molecule is N#CCCCCC1CCN(C(=O)O)CC1. The number of nitriles is 1. The van der Waals surface area contributed by atoms with E-state index in [1.54, 1.807) is 0 Å². The minimum atomic E-state index is -0.794. The van der Waals surface area contributed by atoms with E-state index in [1.807, 2.05) is 0 Å². The largest absolute Gasteiger partial charge is 0.465 e. The lowest BCUT2D eigenvalue weighted by molar-refractivity contribution is 0.122. The standard InChI is InChI=1S/C11H18N2O2/c12-7-3-1-2-4-10-5-8-13(9-6-10)11(14)15/h10H,1-6,8-9H2,(H,14,15). The van der Waals surface area contributed by atoms with E-state index >= 15 is 0 Å². The van der Waals surface area contributed by atoms with Gasteiger partial charge in [-0.1, -0.05) is 12.8 Å². The number of amides is 1. The summed E-state index contributed by atoms with van der Waals surface area (Å²) in [6, 6.07) is 2.14. The van der Waals surface area contributed by atoms with Gasteiger partial charge in [-0.3, -0.25) is 0 Å². The highest BCUT2D eigenvalue weighted by Gasteiger charge is 2.21. The average molecular weight is 210 g/mol. The first-order valence-corrected chi connectivity index (χ1v) is 5.59. The Hall–Kier alpha value is -1.24. The van der Waals surface area contributed by atoms with Crippen LogP contribution >= 0.6 is 0 Å². The zero-order valence-corrected chi connectivity index (χ0v) is 8.98. The molecule has 1 saturated heterocycles. The van der Waals surface area contributed by atoms with Gasteiger partial charge in [0.15, 0.2) is 0 Å². The Kier molecular flexibility index (Phi) is 4.96. The van der Waals surface area contributed by atoms with Crippen molar-refractivity contribution in [3.8, 4) is 6.07 Å². The van der Waals surface area contributed by atoms with Gasteiger partial charge in [-0.25, -0.2) is 4.79 Å². The first-order valence-electron chi connectivity index (χ1n) is 5.59. The molecule has 1 amide bonds. The number of likely N-dealkylation sites (tertiary alicyclic amines) is 1. The summed E-state index contributed by atoms with van der Waals surface area (Å²) in [6.07, 6.45) is 5.06. The van der Waals surface area contributed by atoms with Crippen molar-refractivity contribution in [2.24, 2.45) is 5.92 Å². The van der Waals surface area contributed by atoms with Gasteiger partial charge in [-0.15, -0.1) is 0 Å². The van der Waals surface area contributed by atoms with E-state index < -0.39 is 6.09 Å². The first kappa shape index (κ1) is 11.8. The van der Waals surface area contributed by atoms with Gasteiger partial charge >= 0.3 is 6.09 Å². The molecule has 4 nitrogen and oxygen atoms in total. The van der Waals surface area contributed by atoms with E-state index in [1.165, 1.54) is 4.90 Å². The Balaban J connectivity index is 2.10. The highest BCUT2D eigenvalue weighted by atomic mass is 16.4. The molecule has 1 aliphatic rings. The van der Waals surface area contributed by atoms with Crippen molar-refractivity contribution in [1.29, 1.82) is 5.26 Å². The molecule has 0 unspecified atom stereocenters. The van der Waals surface area contributed by atoms with E-state index in [-0.39, 0.29) is 0 Å². The normalized spacial score (nSPS) is 17.4. The molecular formula is C11H18N2O2. The van der Waals surface area contributed by atoms with Gasteiger partial charge in [-0.2, -0.15) is 5.26 Å². The van der Waals surface area contributed by atoms with Gasteiger partial charge in [0.05, 0.1) is 6.07 Å². The maximum atomic E-state index is 10.7. The molecule has 0 saturated carbocycles. The van der Waals surface area contributed by atoms with Crippen molar-refractivity contribution in [2.45, 2.75) is 38.5 Å². The second kappa shape index (κ2) is 6.28. The molecule has 0 bridgehead atoms. The summed E-state index contributed by atoms with van der Waals surface area (Å²) in [5.74, 6) is 0.666. The molecule has 84 valence electrons. The molecule has 1 rings (SSSR count). The second-order valence-electron chi connectivity index (χ2n) is 4.12. The summed E-state index contributed by atoms with van der Waals surface area (Å²) in [5, 5.41) is 17.1. The first-order chi connectivity index (χ1) is 7.24. The van der Waals surface area contributed by atoms with Gasteiger partial charge in [0.25, 0.3) is 0 Å². The molecule has 0 aromatic rings. The minimum absolute atomic E-state index is 0.647. The molecule has 1 heterocycles. The van der Waals surface area contributed by atoms with Gasteiger partial charge in [0, 0.05) is 19.5 Å². The molecule has 0 aromatic carbocycles. The number of rotatable bonds is 4. The third-order valence-corrected chi connectivity index (χ3v) is 3.04. The number of unbranched alkanes of at least 4 members (excludes halogenated alkanes) is 2. The van der Waals surface area contributed by atoms with Gasteiger partial charge in [0.2, 0.25) is 0 Å². The number of hydrogen-bond donors (Lipinski definition) is 1. The fraction of sp³-hybridized carbons (Fsp3) is 0.818. The summed E-state index contributed by atoms with van der Waals surface area (Å²) in [6.45, 7) is 1.36. The van der Waals surface area contributed by atoms with Crippen LogP contribution in [0.3, 0.4) is 0 Å². The highest BCUT2D eigenvalue weighted by Crippen LogP contribution is 2.22. The molecule has 0 atom stereocenters. The van der Waals surface area contributed by atoms with Crippen LogP contribution in [-0.4, -0.2) is 29.2 Å². The van der Waals surface area contributed by atoms with Crippen LogP contribution in [0.1, 0.15) is 38.5 Å².